The minimum absolute atomic E-state index is 0.131. The quantitative estimate of drug-likeness (QED) is 0.464. The molecule has 0 atom stereocenters. The molecule has 1 aromatic heterocycles. The second-order valence-electron chi connectivity index (χ2n) is 9.55. The predicted molar refractivity (Wildman–Crippen MR) is 145 cm³/mol. The Morgan fingerprint density at radius 2 is 1.81 bits per heavy atom. The van der Waals surface area contributed by atoms with Gasteiger partial charge in [-0.2, -0.15) is 5.10 Å². The van der Waals surface area contributed by atoms with Gasteiger partial charge in [0.15, 0.2) is 5.69 Å². The van der Waals surface area contributed by atoms with Gasteiger partial charge in [0.1, 0.15) is 0 Å². The number of hydrogen-bond acceptors (Lipinski definition) is 4. The Kier molecular flexibility index (Phi) is 8.47. The predicted octanol–water partition coefficient (Wildman–Crippen LogP) is 4.45. The second-order valence-corrected chi connectivity index (χ2v) is 10.4. The largest absolute Gasteiger partial charge is 0.369 e. The van der Waals surface area contributed by atoms with Crippen LogP contribution in [0.5, 0.6) is 0 Å². The van der Waals surface area contributed by atoms with Crippen molar-refractivity contribution in [1.29, 1.82) is 0 Å². The molecule has 0 unspecified atom stereocenters. The Hall–Kier alpha value is -3.31. The van der Waals surface area contributed by atoms with Gasteiger partial charge in [-0.25, -0.2) is 4.68 Å². The summed E-state index contributed by atoms with van der Waals surface area (Å²) in [6.07, 6.45) is 0. The number of likely N-dealkylation sites (N-methyl/N-ethyl adjacent to an activating group) is 1. The van der Waals surface area contributed by atoms with Gasteiger partial charge in [0.25, 0.3) is 5.91 Å². The molecular weight excluding hydrogens is 497 g/mol. The molecule has 1 heterocycles. The Morgan fingerprint density at radius 1 is 1.14 bits per heavy atom. The first-order valence-corrected chi connectivity index (χ1v) is 12.0. The first-order valence-electron chi connectivity index (χ1n) is 11.3. The standard InChI is InChI=1S/C27H29Cl2N5O2/c1-17-24(26(36)31-27(2,3)4)32-34(25(17)19-9-11-20(28)12-10-19)22-13-8-18(15-21(22)29)7-6-14-33(5)16-23(30)35/h8-13,15H,14,16H2,1-5H3,(H2,30,35)(H,31,36). The summed E-state index contributed by atoms with van der Waals surface area (Å²) in [4.78, 5) is 25.8. The fourth-order valence-electron chi connectivity index (χ4n) is 3.59. The van der Waals surface area contributed by atoms with Crippen molar-refractivity contribution in [1.82, 2.24) is 20.0 Å². The van der Waals surface area contributed by atoms with Gasteiger partial charge in [-0.1, -0.05) is 47.2 Å². The number of carbonyl (C=O) groups excluding carboxylic acids is 2. The van der Waals surface area contributed by atoms with Gasteiger partial charge in [0.2, 0.25) is 5.91 Å². The van der Waals surface area contributed by atoms with Crippen molar-refractivity contribution in [2.24, 2.45) is 5.73 Å². The Labute approximate surface area is 221 Å². The molecule has 9 heteroatoms. The van der Waals surface area contributed by atoms with E-state index in [1.165, 1.54) is 0 Å². The lowest BCUT2D eigenvalue weighted by molar-refractivity contribution is -0.118. The van der Waals surface area contributed by atoms with Crippen LogP contribution in [0, 0.1) is 18.8 Å². The summed E-state index contributed by atoms with van der Waals surface area (Å²) < 4.78 is 1.68. The van der Waals surface area contributed by atoms with E-state index >= 15 is 0 Å². The number of primary amides is 1. The van der Waals surface area contributed by atoms with E-state index in [-0.39, 0.29) is 12.5 Å². The smallest absolute Gasteiger partial charge is 0.272 e. The third kappa shape index (κ3) is 6.88. The molecule has 0 spiro atoms. The van der Waals surface area contributed by atoms with Crippen LogP contribution in [-0.4, -0.2) is 52.2 Å². The monoisotopic (exact) mass is 525 g/mol. The zero-order chi connectivity index (χ0) is 26.6. The van der Waals surface area contributed by atoms with Crippen molar-refractivity contribution in [2.45, 2.75) is 33.2 Å². The molecule has 0 aliphatic carbocycles. The molecule has 0 saturated heterocycles. The molecule has 2 aromatic carbocycles. The lowest BCUT2D eigenvalue weighted by Gasteiger charge is -2.19. The molecule has 0 saturated carbocycles. The van der Waals surface area contributed by atoms with Gasteiger partial charge in [0, 0.05) is 27.3 Å². The van der Waals surface area contributed by atoms with Gasteiger partial charge in [-0.3, -0.25) is 14.5 Å². The van der Waals surface area contributed by atoms with E-state index in [0.717, 1.165) is 16.8 Å². The summed E-state index contributed by atoms with van der Waals surface area (Å²) in [7, 11) is 1.77. The number of benzene rings is 2. The lowest BCUT2D eigenvalue weighted by Crippen LogP contribution is -2.41. The average molecular weight is 526 g/mol. The number of carbonyl (C=O) groups is 2. The van der Waals surface area contributed by atoms with E-state index < -0.39 is 11.4 Å². The van der Waals surface area contributed by atoms with Crippen LogP contribution in [0.15, 0.2) is 42.5 Å². The number of rotatable bonds is 6. The summed E-state index contributed by atoms with van der Waals surface area (Å²) in [6.45, 7) is 8.12. The second kappa shape index (κ2) is 11.2. The zero-order valence-electron chi connectivity index (χ0n) is 20.9. The highest BCUT2D eigenvalue weighted by molar-refractivity contribution is 6.32. The van der Waals surface area contributed by atoms with Gasteiger partial charge in [-0.05, 0) is 65.1 Å². The summed E-state index contributed by atoms with van der Waals surface area (Å²) >= 11 is 12.8. The molecule has 0 aliphatic heterocycles. The Morgan fingerprint density at radius 3 is 2.39 bits per heavy atom. The van der Waals surface area contributed by atoms with E-state index in [9.17, 15) is 9.59 Å². The van der Waals surface area contributed by atoms with Crippen LogP contribution in [0.1, 0.15) is 42.4 Å². The molecular formula is C27H29Cl2N5O2. The summed E-state index contributed by atoms with van der Waals surface area (Å²) in [5, 5.41) is 8.67. The van der Waals surface area contributed by atoms with Crippen LogP contribution in [-0.2, 0) is 4.79 Å². The number of nitrogens with two attached hydrogens (primary N) is 1. The maximum Gasteiger partial charge on any atom is 0.272 e. The van der Waals surface area contributed by atoms with Gasteiger partial charge in [-0.15, -0.1) is 0 Å². The number of aromatic nitrogens is 2. The van der Waals surface area contributed by atoms with Crippen molar-refractivity contribution in [3.63, 3.8) is 0 Å². The Balaban J connectivity index is 2.04. The molecule has 0 fully saturated rings. The van der Waals surface area contributed by atoms with Crippen molar-refractivity contribution in [3.8, 4) is 28.8 Å². The molecule has 3 N–H and O–H groups in total. The third-order valence-corrected chi connectivity index (χ3v) is 5.68. The first kappa shape index (κ1) is 27.3. The number of nitrogens with one attached hydrogen (secondary N) is 1. The van der Waals surface area contributed by atoms with Gasteiger partial charge >= 0.3 is 0 Å². The highest BCUT2D eigenvalue weighted by Gasteiger charge is 2.25. The van der Waals surface area contributed by atoms with E-state index in [4.69, 9.17) is 28.9 Å². The SMILES string of the molecule is Cc1c(C(=O)NC(C)(C)C)nn(-c2ccc(C#CCN(C)CC(N)=O)cc2Cl)c1-c1ccc(Cl)cc1. The summed E-state index contributed by atoms with van der Waals surface area (Å²) in [5.74, 6) is 5.37. The van der Waals surface area contributed by atoms with Gasteiger partial charge < -0.3 is 11.1 Å². The van der Waals surface area contributed by atoms with E-state index in [0.29, 0.717) is 33.5 Å². The average Bonchev–Trinajstić information content (AvgIpc) is 3.10. The molecule has 3 rings (SSSR count). The normalized spacial score (nSPS) is 11.2. The fourth-order valence-corrected chi connectivity index (χ4v) is 3.97. The summed E-state index contributed by atoms with van der Waals surface area (Å²) in [5.41, 5.74) is 8.71. The van der Waals surface area contributed by atoms with Gasteiger partial charge in [0.05, 0.1) is 29.5 Å². The highest BCUT2D eigenvalue weighted by Crippen LogP contribution is 2.32. The maximum absolute atomic E-state index is 13.1. The molecule has 7 nitrogen and oxygen atoms in total. The molecule has 0 aliphatic rings. The zero-order valence-corrected chi connectivity index (χ0v) is 22.5. The fraction of sp³-hybridized carbons (Fsp3) is 0.296. The molecule has 2 amide bonds. The molecule has 188 valence electrons. The van der Waals surface area contributed by atoms with Crippen LogP contribution >= 0.6 is 23.2 Å². The lowest BCUT2D eigenvalue weighted by atomic mass is 10.0. The summed E-state index contributed by atoms with van der Waals surface area (Å²) in [6, 6.07) is 12.7. The number of nitrogens with zero attached hydrogens (tertiary/aromatic N) is 3. The molecule has 0 radical (unpaired) electrons. The maximum atomic E-state index is 13.1. The van der Waals surface area contributed by atoms with Crippen LogP contribution in [0.25, 0.3) is 16.9 Å². The first-order chi connectivity index (χ1) is 16.9. The van der Waals surface area contributed by atoms with Crippen LogP contribution in [0.3, 0.4) is 0 Å². The topological polar surface area (TPSA) is 93.2 Å². The molecule has 36 heavy (non-hydrogen) atoms. The third-order valence-electron chi connectivity index (χ3n) is 5.13. The number of halogens is 2. The van der Waals surface area contributed by atoms with Crippen molar-refractivity contribution < 1.29 is 9.59 Å². The van der Waals surface area contributed by atoms with E-state index in [2.05, 4.69) is 22.3 Å². The van der Waals surface area contributed by atoms with Crippen LogP contribution < -0.4 is 11.1 Å². The van der Waals surface area contributed by atoms with Crippen LogP contribution in [0.2, 0.25) is 10.0 Å². The Bertz CT molecular complexity index is 1350. The number of hydrogen-bond donors (Lipinski definition) is 2. The minimum atomic E-state index is -0.419. The van der Waals surface area contributed by atoms with Crippen molar-refractivity contribution in [3.05, 3.63) is 69.3 Å². The van der Waals surface area contributed by atoms with E-state index in [1.54, 1.807) is 34.8 Å². The van der Waals surface area contributed by atoms with Crippen molar-refractivity contribution >= 4 is 35.0 Å². The van der Waals surface area contributed by atoms with E-state index in [1.807, 2.05) is 52.0 Å². The highest BCUT2D eigenvalue weighted by atomic mass is 35.5. The van der Waals surface area contributed by atoms with Crippen molar-refractivity contribution in [2.75, 3.05) is 20.1 Å². The molecule has 3 aromatic rings. The number of amides is 2. The molecule has 0 bridgehead atoms. The minimum Gasteiger partial charge on any atom is -0.369 e. The van der Waals surface area contributed by atoms with Crippen LogP contribution in [0.4, 0.5) is 0 Å².